The van der Waals surface area contributed by atoms with Crippen LogP contribution in [0.1, 0.15) is 23.7 Å². The number of nitrogens with one attached hydrogen (secondary N) is 1. The zero-order valence-corrected chi connectivity index (χ0v) is 17.8. The van der Waals surface area contributed by atoms with Gasteiger partial charge >= 0.3 is 0 Å². The van der Waals surface area contributed by atoms with Gasteiger partial charge in [-0.2, -0.15) is 0 Å². The molecule has 5 rings (SSSR count). The first kappa shape index (κ1) is 20.7. The number of amides is 1. The molecule has 1 atom stereocenters. The molecule has 0 saturated carbocycles. The van der Waals surface area contributed by atoms with Crippen molar-refractivity contribution in [1.82, 2.24) is 14.9 Å². The topological polar surface area (TPSA) is 111 Å². The Morgan fingerprint density at radius 3 is 2.79 bits per heavy atom. The number of hydrogen-bond acceptors (Lipinski definition) is 6. The molecule has 2 aliphatic rings. The third-order valence-corrected chi connectivity index (χ3v) is 5.72. The lowest BCUT2D eigenvalue weighted by Gasteiger charge is -2.27. The largest absolute Gasteiger partial charge is 0.872 e. The van der Waals surface area contributed by atoms with Gasteiger partial charge < -0.3 is 19.5 Å². The van der Waals surface area contributed by atoms with Crippen LogP contribution in [0.15, 0.2) is 66.9 Å². The zero-order valence-electron chi connectivity index (χ0n) is 17.8. The van der Waals surface area contributed by atoms with Crippen molar-refractivity contribution in [3.05, 3.63) is 78.1 Å². The predicted molar refractivity (Wildman–Crippen MR) is 114 cm³/mol. The fraction of sp³-hybridized carbons (Fsp3) is 0.250. The number of imidazole rings is 1. The third-order valence-electron chi connectivity index (χ3n) is 5.72. The number of rotatable bonds is 6. The molecule has 9 nitrogen and oxygen atoms in total. The summed E-state index contributed by atoms with van der Waals surface area (Å²) in [6.07, 6.45) is 7.70. The first-order chi connectivity index (χ1) is 16.1. The number of hydrogen-bond donors (Lipinski definition) is 1. The number of likely N-dealkylation sites (tertiary alicyclic amines) is 1. The van der Waals surface area contributed by atoms with Crippen LogP contribution in [0.5, 0.6) is 11.5 Å². The number of ketones is 1. The second-order valence-electron chi connectivity index (χ2n) is 7.79. The predicted octanol–water partition coefficient (Wildman–Crippen LogP) is 0.783. The van der Waals surface area contributed by atoms with Crippen LogP contribution in [0, 0.1) is 0 Å². The molecule has 0 radical (unpaired) electrons. The van der Waals surface area contributed by atoms with Crippen molar-refractivity contribution < 1.29 is 28.7 Å². The van der Waals surface area contributed by atoms with E-state index in [0.29, 0.717) is 49.9 Å². The minimum absolute atomic E-state index is 0.0929. The fourth-order valence-corrected chi connectivity index (χ4v) is 4.17. The lowest BCUT2D eigenvalue weighted by Crippen LogP contribution is -2.36. The van der Waals surface area contributed by atoms with Gasteiger partial charge in [0.2, 0.25) is 12.1 Å². The Hall–Kier alpha value is -4.14. The average molecular weight is 446 g/mol. The Balaban J connectivity index is 1.52. The summed E-state index contributed by atoms with van der Waals surface area (Å²) in [4.78, 5) is 34.8. The summed E-state index contributed by atoms with van der Waals surface area (Å²) in [5, 5.41) is 13.5. The fourth-order valence-electron chi connectivity index (χ4n) is 4.17. The number of fused-ring (bicyclic) bond motifs is 1. The Morgan fingerprint density at radius 1 is 1.18 bits per heavy atom. The number of carbonyl (C=O) groups excluding carboxylic acids is 2. The van der Waals surface area contributed by atoms with Gasteiger partial charge in [0, 0.05) is 24.7 Å². The monoisotopic (exact) mass is 446 g/mol. The van der Waals surface area contributed by atoms with E-state index in [1.54, 1.807) is 48.8 Å². The van der Waals surface area contributed by atoms with Gasteiger partial charge in [-0.15, -0.1) is 0 Å². The van der Waals surface area contributed by atoms with Gasteiger partial charge in [-0.05, 0) is 29.8 Å². The van der Waals surface area contributed by atoms with Gasteiger partial charge in [-0.25, -0.2) is 4.57 Å². The summed E-state index contributed by atoms with van der Waals surface area (Å²) >= 11 is 0. The van der Waals surface area contributed by atoms with Gasteiger partial charge in [-0.1, -0.05) is 17.9 Å². The molecule has 1 N–H and O–H groups in total. The van der Waals surface area contributed by atoms with Crippen molar-refractivity contribution in [2.24, 2.45) is 0 Å². The second kappa shape index (κ2) is 8.78. The van der Waals surface area contributed by atoms with E-state index in [0.717, 1.165) is 0 Å². The average Bonchev–Trinajstić information content (AvgIpc) is 3.46. The van der Waals surface area contributed by atoms with Crippen LogP contribution in [-0.4, -0.2) is 46.3 Å². The number of carbonyl (C=O) groups is 2. The Bertz CT molecular complexity index is 1210. The van der Waals surface area contributed by atoms with E-state index in [1.807, 2.05) is 17.1 Å². The Morgan fingerprint density at radius 2 is 2.03 bits per heavy atom. The van der Waals surface area contributed by atoms with Gasteiger partial charge in [0.05, 0.1) is 12.2 Å². The number of aromatic amines is 1. The molecule has 1 saturated heterocycles. The molecule has 1 aromatic carbocycles. The summed E-state index contributed by atoms with van der Waals surface area (Å²) in [6.45, 7) is 1.77. The number of aryl methyl sites for hydroxylation is 1. The highest BCUT2D eigenvalue weighted by Crippen LogP contribution is 2.39. The first-order valence-corrected chi connectivity index (χ1v) is 10.7. The third kappa shape index (κ3) is 3.93. The van der Waals surface area contributed by atoms with Gasteiger partial charge in [0.25, 0.3) is 5.91 Å². The number of Topliss-reactive ketones (excluding diaryl/α,β-unsaturated/α-hetero) is 1. The van der Waals surface area contributed by atoms with Crippen molar-refractivity contribution in [3.8, 4) is 11.5 Å². The molecule has 0 aliphatic carbocycles. The standard InChI is InChI=1S/C24H22N4O5/c29-22(16-5-6-18-19(14-16)33-13-12-32-18)20-21(17-4-1-2-7-26-17)28(24(31)23(20)30)10-3-9-27-11-8-25-15-27/h1-2,4-8,11,14-15,21H,3,9-10,12-13H2,(H,29,30). The molecule has 168 valence electrons. The maximum Gasteiger partial charge on any atom is 0.295 e. The SMILES string of the molecule is O=C1C(=O)N(CCC[n+]2cc[nH]c2)C(c2ccccn2)/C1=C(\[O-])c1ccc2c(c1)OCCO2. The van der Waals surface area contributed by atoms with Crippen LogP contribution in [0.3, 0.4) is 0 Å². The van der Waals surface area contributed by atoms with Gasteiger partial charge in [-0.3, -0.25) is 19.6 Å². The smallest absolute Gasteiger partial charge is 0.295 e. The van der Waals surface area contributed by atoms with E-state index < -0.39 is 23.5 Å². The first-order valence-electron chi connectivity index (χ1n) is 10.7. The zero-order chi connectivity index (χ0) is 22.8. The molecular weight excluding hydrogens is 424 g/mol. The van der Waals surface area contributed by atoms with Crippen molar-refractivity contribution in [3.63, 3.8) is 0 Å². The number of benzene rings is 1. The Kier molecular flexibility index (Phi) is 5.52. The summed E-state index contributed by atoms with van der Waals surface area (Å²) in [7, 11) is 0. The lowest BCUT2D eigenvalue weighted by molar-refractivity contribution is -0.695. The minimum atomic E-state index is -0.844. The molecular formula is C24H22N4O5. The van der Waals surface area contributed by atoms with Crippen molar-refractivity contribution in [1.29, 1.82) is 0 Å². The summed E-state index contributed by atoms with van der Waals surface area (Å²) in [5.74, 6) is -1.00. The number of aromatic nitrogens is 3. The molecule has 1 amide bonds. The molecule has 0 spiro atoms. The van der Waals surface area contributed by atoms with E-state index in [9.17, 15) is 14.7 Å². The maximum atomic E-state index is 13.5. The lowest BCUT2D eigenvalue weighted by atomic mass is 9.98. The highest BCUT2D eigenvalue weighted by molar-refractivity contribution is 6.46. The van der Waals surface area contributed by atoms with E-state index in [-0.39, 0.29) is 11.1 Å². The van der Waals surface area contributed by atoms with Crippen molar-refractivity contribution >= 4 is 17.4 Å². The molecule has 4 heterocycles. The van der Waals surface area contributed by atoms with E-state index in [4.69, 9.17) is 9.47 Å². The molecule has 0 bridgehead atoms. The number of pyridine rings is 1. The van der Waals surface area contributed by atoms with Crippen LogP contribution in [-0.2, 0) is 16.1 Å². The summed E-state index contributed by atoms with van der Waals surface area (Å²) in [5.41, 5.74) is 0.651. The van der Waals surface area contributed by atoms with E-state index in [2.05, 4.69) is 9.97 Å². The normalized spacial score (nSPS) is 19.2. The maximum absolute atomic E-state index is 13.5. The van der Waals surface area contributed by atoms with Crippen LogP contribution < -0.4 is 19.1 Å². The highest BCUT2D eigenvalue weighted by Gasteiger charge is 2.44. The van der Waals surface area contributed by atoms with Crippen LogP contribution >= 0.6 is 0 Å². The number of ether oxygens (including phenoxy) is 2. The van der Waals surface area contributed by atoms with Gasteiger partial charge in [0.15, 0.2) is 11.5 Å². The number of H-pyrrole nitrogens is 1. The highest BCUT2D eigenvalue weighted by atomic mass is 16.6. The van der Waals surface area contributed by atoms with Crippen molar-refractivity contribution in [2.75, 3.05) is 19.8 Å². The van der Waals surface area contributed by atoms with Crippen molar-refractivity contribution in [2.45, 2.75) is 19.0 Å². The minimum Gasteiger partial charge on any atom is -0.872 e. The molecule has 3 aromatic rings. The Labute approximate surface area is 189 Å². The quantitative estimate of drug-likeness (QED) is 0.259. The van der Waals surface area contributed by atoms with Crippen LogP contribution in [0.4, 0.5) is 0 Å². The summed E-state index contributed by atoms with van der Waals surface area (Å²) < 4.78 is 13.0. The molecule has 33 heavy (non-hydrogen) atoms. The molecule has 9 heteroatoms. The second-order valence-corrected chi connectivity index (χ2v) is 7.79. The van der Waals surface area contributed by atoms with E-state index in [1.165, 1.54) is 4.90 Å². The molecule has 2 aromatic heterocycles. The molecule has 1 fully saturated rings. The summed E-state index contributed by atoms with van der Waals surface area (Å²) in [6, 6.07) is 9.19. The van der Waals surface area contributed by atoms with Gasteiger partial charge in [0.1, 0.15) is 31.6 Å². The van der Waals surface area contributed by atoms with Crippen LogP contribution in [0.25, 0.3) is 5.76 Å². The number of nitrogens with zero attached hydrogens (tertiary/aromatic N) is 3. The molecule has 2 aliphatic heterocycles. The van der Waals surface area contributed by atoms with E-state index >= 15 is 0 Å². The molecule has 1 unspecified atom stereocenters. The van der Waals surface area contributed by atoms with Crippen LogP contribution in [0.2, 0.25) is 0 Å².